The van der Waals surface area contributed by atoms with Crippen LogP contribution in [0.15, 0.2) is 36.4 Å². The Morgan fingerprint density at radius 1 is 0.969 bits per heavy atom. The van der Waals surface area contributed by atoms with Crippen molar-refractivity contribution in [2.75, 3.05) is 57.4 Å². The van der Waals surface area contributed by atoms with Gasteiger partial charge in [0.2, 0.25) is 5.91 Å². The van der Waals surface area contributed by atoms with Gasteiger partial charge < -0.3 is 19.3 Å². The predicted molar refractivity (Wildman–Crippen MR) is 126 cm³/mol. The van der Waals surface area contributed by atoms with Gasteiger partial charge in [-0.15, -0.1) is 0 Å². The first kappa shape index (κ1) is 21.1. The zero-order valence-corrected chi connectivity index (χ0v) is 19.2. The second-order valence-electron chi connectivity index (χ2n) is 9.13. The van der Waals surface area contributed by atoms with Crippen LogP contribution in [0.25, 0.3) is 0 Å². The summed E-state index contributed by atoms with van der Waals surface area (Å²) in [6.45, 7) is 10.6. The number of carbonyl (C=O) groups excluding carboxylic acids is 1. The fraction of sp³-hybridized carbons (Fsp3) is 0.500. The van der Waals surface area contributed by atoms with Crippen LogP contribution < -0.4 is 14.4 Å². The molecule has 1 atom stereocenters. The Balaban J connectivity index is 1.20. The number of aryl methyl sites for hydroxylation is 1. The van der Waals surface area contributed by atoms with E-state index in [1.807, 2.05) is 6.07 Å². The van der Waals surface area contributed by atoms with Crippen molar-refractivity contribution < 1.29 is 14.3 Å². The van der Waals surface area contributed by atoms with Crippen LogP contribution in [-0.4, -0.2) is 68.2 Å². The van der Waals surface area contributed by atoms with Gasteiger partial charge in [-0.1, -0.05) is 18.2 Å². The highest BCUT2D eigenvalue weighted by Gasteiger charge is 2.32. The molecule has 32 heavy (non-hydrogen) atoms. The van der Waals surface area contributed by atoms with Crippen molar-refractivity contribution in [1.82, 2.24) is 9.80 Å². The number of nitrogens with zero attached hydrogens (tertiary/aromatic N) is 3. The number of hydrogen-bond acceptors (Lipinski definition) is 5. The second kappa shape index (κ2) is 9.02. The van der Waals surface area contributed by atoms with Gasteiger partial charge in [-0.05, 0) is 61.6 Å². The topological polar surface area (TPSA) is 45.2 Å². The monoisotopic (exact) mass is 435 g/mol. The van der Waals surface area contributed by atoms with Gasteiger partial charge in [-0.2, -0.15) is 0 Å². The summed E-state index contributed by atoms with van der Waals surface area (Å²) in [6.07, 6.45) is 2.05. The van der Waals surface area contributed by atoms with Crippen molar-refractivity contribution in [1.29, 1.82) is 0 Å². The van der Waals surface area contributed by atoms with Crippen LogP contribution in [0.2, 0.25) is 0 Å². The minimum atomic E-state index is 0.134. The second-order valence-corrected chi connectivity index (χ2v) is 9.13. The molecule has 170 valence electrons. The summed E-state index contributed by atoms with van der Waals surface area (Å²) in [4.78, 5) is 20.1. The highest BCUT2D eigenvalue weighted by Crippen LogP contribution is 2.38. The standard InChI is InChI=1S/C26H33N3O3/c1-19-5-3-6-22(20(19)2)28-13-11-27(12-14-28)18-26(30)29-10-4-7-23(29)21-8-9-24-25(17-21)32-16-15-31-24/h3,5-6,8-9,17,23H,4,7,10-16,18H2,1-2H3. The molecule has 2 saturated heterocycles. The molecule has 5 rings (SSSR count). The number of benzene rings is 2. The minimum absolute atomic E-state index is 0.134. The van der Waals surface area contributed by atoms with Crippen molar-refractivity contribution in [2.45, 2.75) is 32.7 Å². The average molecular weight is 436 g/mol. The van der Waals surface area contributed by atoms with Crippen LogP contribution in [0.5, 0.6) is 11.5 Å². The summed E-state index contributed by atoms with van der Waals surface area (Å²) in [6, 6.07) is 12.8. The molecule has 6 heteroatoms. The highest BCUT2D eigenvalue weighted by atomic mass is 16.6. The van der Waals surface area contributed by atoms with Crippen molar-refractivity contribution in [3.8, 4) is 11.5 Å². The normalized spacial score (nSPS) is 21.1. The molecule has 0 bridgehead atoms. The molecule has 3 heterocycles. The molecule has 2 fully saturated rings. The summed E-state index contributed by atoms with van der Waals surface area (Å²) in [5.74, 6) is 1.84. The number of rotatable bonds is 4. The maximum Gasteiger partial charge on any atom is 0.237 e. The molecule has 2 aromatic rings. The van der Waals surface area contributed by atoms with Gasteiger partial charge in [-0.3, -0.25) is 9.69 Å². The van der Waals surface area contributed by atoms with E-state index in [0.717, 1.165) is 62.6 Å². The maximum atomic E-state index is 13.3. The van der Waals surface area contributed by atoms with Crippen LogP contribution in [0.1, 0.15) is 35.6 Å². The van der Waals surface area contributed by atoms with Crippen LogP contribution in [-0.2, 0) is 4.79 Å². The van der Waals surface area contributed by atoms with Crippen LogP contribution in [0, 0.1) is 13.8 Å². The van der Waals surface area contributed by atoms with E-state index in [0.29, 0.717) is 19.8 Å². The van der Waals surface area contributed by atoms with Gasteiger partial charge in [0, 0.05) is 38.4 Å². The lowest BCUT2D eigenvalue weighted by Crippen LogP contribution is -2.50. The van der Waals surface area contributed by atoms with E-state index < -0.39 is 0 Å². The van der Waals surface area contributed by atoms with Crippen molar-refractivity contribution in [3.63, 3.8) is 0 Å². The Labute approximate surface area is 190 Å². The molecular weight excluding hydrogens is 402 g/mol. The Hall–Kier alpha value is -2.73. The van der Waals surface area contributed by atoms with E-state index in [2.05, 4.69) is 58.9 Å². The molecule has 0 N–H and O–H groups in total. The molecular formula is C26H33N3O3. The lowest BCUT2D eigenvalue weighted by molar-refractivity contribution is -0.133. The molecule has 0 aromatic heterocycles. The van der Waals surface area contributed by atoms with Gasteiger partial charge >= 0.3 is 0 Å². The maximum absolute atomic E-state index is 13.3. The molecule has 0 radical (unpaired) electrons. The average Bonchev–Trinajstić information content (AvgIpc) is 3.31. The van der Waals surface area contributed by atoms with E-state index >= 15 is 0 Å². The highest BCUT2D eigenvalue weighted by molar-refractivity contribution is 5.79. The zero-order chi connectivity index (χ0) is 22.1. The number of amides is 1. The molecule has 1 unspecified atom stereocenters. The summed E-state index contributed by atoms with van der Waals surface area (Å²) in [7, 11) is 0. The molecule has 2 aromatic carbocycles. The fourth-order valence-corrected chi connectivity index (χ4v) is 5.19. The van der Waals surface area contributed by atoms with Crippen LogP contribution in [0.3, 0.4) is 0 Å². The Kier molecular flexibility index (Phi) is 5.96. The molecule has 1 amide bonds. The number of piperazine rings is 1. The molecule has 0 saturated carbocycles. The lowest BCUT2D eigenvalue weighted by Gasteiger charge is -2.37. The molecule has 0 spiro atoms. The fourth-order valence-electron chi connectivity index (χ4n) is 5.19. The number of hydrogen-bond donors (Lipinski definition) is 0. The van der Waals surface area contributed by atoms with E-state index in [1.165, 1.54) is 16.8 Å². The first-order valence-corrected chi connectivity index (χ1v) is 11.8. The van der Waals surface area contributed by atoms with Gasteiger partial charge in [0.1, 0.15) is 13.2 Å². The van der Waals surface area contributed by atoms with Gasteiger partial charge in [0.05, 0.1) is 12.6 Å². The summed E-state index contributed by atoms with van der Waals surface area (Å²) < 4.78 is 11.4. The van der Waals surface area contributed by atoms with E-state index in [-0.39, 0.29) is 11.9 Å². The quantitative estimate of drug-likeness (QED) is 0.735. The van der Waals surface area contributed by atoms with Gasteiger partial charge in [-0.25, -0.2) is 0 Å². The largest absolute Gasteiger partial charge is 0.486 e. The predicted octanol–water partition coefficient (Wildman–Crippen LogP) is 3.56. The minimum Gasteiger partial charge on any atom is -0.486 e. The first-order chi connectivity index (χ1) is 15.6. The molecule has 0 aliphatic carbocycles. The molecule has 3 aliphatic heterocycles. The smallest absolute Gasteiger partial charge is 0.237 e. The first-order valence-electron chi connectivity index (χ1n) is 11.8. The van der Waals surface area contributed by atoms with Crippen molar-refractivity contribution in [2.24, 2.45) is 0 Å². The Bertz CT molecular complexity index is 984. The lowest BCUT2D eigenvalue weighted by atomic mass is 10.0. The Morgan fingerprint density at radius 2 is 1.75 bits per heavy atom. The van der Waals surface area contributed by atoms with E-state index in [1.54, 1.807) is 0 Å². The summed E-state index contributed by atoms with van der Waals surface area (Å²) >= 11 is 0. The number of likely N-dealkylation sites (tertiary alicyclic amines) is 1. The van der Waals surface area contributed by atoms with Crippen LogP contribution in [0.4, 0.5) is 5.69 Å². The third-order valence-electron chi connectivity index (χ3n) is 7.17. The SMILES string of the molecule is Cc1cccc(N2CCN(CC(=O)N3CCCC3c3ccc4c(c3)OCCO4)CC2)c1C. The summed E-state index contributed by atoms with van der Waals surface area (Å²) in [5.41, 5.74) is 5.17. The molecule has 3 aliphatic rings. The number of ether oxygens (including phenoxy) is 2. The third kappa shape index (κ3) is 4.16. The van der Waals surface area contributed by atoms with Crippen LogP contribution >= 0.6 is 0 Å². The van der Waals surface area contributed by atoms with E-state index in [4.69, 9.17) is 9.47 Å². The number of carbonyl (C=O) groups is 1. The number of fused-ring (bicyclic) bond motifs is 1. The Morgan fingerprint density at radius 3 is 2.56 bits per heavy atom. The number of anilines is 1. The van der Waals surface area contributed by atoms with Gasteiger partial charge in [0.25, 0.3) is 0 Å². The third-order valence-corrected chi connectivity index (χ3v) is 7.17. The zero-order valence-electron chi connectivity index (χ0n) is 19.2. The van der Waals surface area contributed by atoms with Crippen molar-refractivity contribution in [3.05, 3.63) is 53.1 Å². The van der Waals surface area contributed by atoms with Crippen molar-refractivity contribution >= 4 is 11.6 Å². The van der Waals surface area contributed by atoms with E-state index in [9.17, 15) is 4.79 Å². The summed E-state index contributed by atoms with van der Waals surface area (Å²) in [5, 5.41) is 0. The molecule has 6 nitrogen and oxygen atoms in total. The van der Waals surface area contributed by atoms with Gasteiger partial charge in [0.15, 0.2) is 11.5 Å².